The van der Waals surface area contributed by atoms with Crippen LogP contribution in [0.25, 0.3) is 0 Å². The molecule has 1 atom stereocenters. The summed E-state index contributed by atoms with van der Waals surface area (Å²) in [6.45, 7) is 2.24. The molecule has 0 heterocycles. The van der Waals surface area contributed by atoms with E-state index in [2.05, 4.69) is 21.2 Å². The van der Waals surface area contributed by atoms with E-state index >= 15 is 0 Å². The fourth-order valence-corrected chi connectivity index (χ4v) is 1.37. The summed E-state index contributed by atoms with van der Waals surface area (Å²) >= 11 is 3.25. The van der Waals surface area contributed by atoms with Gasteiger partial charge in [0.2, 0.25) is 0 Å². The first-order valence-electron chi connectivity index (χ1n) is 4.50. The van der Waals surface area contributed by atoms with Crippen LogP contribution in [0.5, 0.6) is 0 Å². The Bertz CT molecular complexity index is 306. The van der Waals surface area contributed by atoms with E-state index in [0.717, 1.165) is 4.47 Å². The number of nitrogens with one attached hydrogen (secondary N) is 1. The van der Waals surface area contributed by atoms with Gasteiger partial charge in [0.15, 0.2) is 0 Å². The van der Waals surface area contributed by atoms with Crippen LogP contribution in [0.4, 0.5) is 10.1 Å². The van der Waals surface area contributed by atoms with Crippen molar-refractivity contribution in [3.8, 4) is 0 Å². The molecule has 0 saturated carbocycles. The van der Waals surface area contributed by atoms with E-state index in [-0.39, 0.29) is 5.82 Å². The van der Waals surface area contributed by atoms with Crippen LogP contribution in [0.15, 0.2) is 22.7 Å². The van der Waals surface area contributed by atoms with Crippen molar-refractivity contribution in [2.24, 2.45) is 0 Å². The predicted molar refractivity (Wildman–Crippen MR) is 58.9 cm³/mol. The van der Waals surface area contributed by atoms with Gasteiger partial charge in [0.1, 0.15) is 5.82 Å². The van der Waals surface area contributed by atoms with Crippen molar-refractivity contribution in [3.63, 3.8) is 0 Å². The van der Waals surface area contributed by atoms with Gasteiger partial charge < -0.3 is 10.4 Å². The maximum atomic E-state index is 13.2. The highest BCUT2D eigenvalue weighted by atomic mass is 79.9. The number of halogens is 2. The van der Waals surface area contributed by atoms with Gasteiger partial charge in [-0.3, -0.25) is 0 Å². The molecule has 0 aliphatic carbocycles. The Morgan fingerprint density at radius 1 is 1.57 bits per heavy atom. The van der Waals surface area contributed by atoms with Crippen LogP contribution in [-0.4, -0.2) is 17.8 Å². The highest BCUT2D eigenvalue weighted by Crippen LogP contribution is 2.19. The predicted octanol–water partition coefficient (Wildman–Crippen LogP) is 2.77. The van der Waals surface area contributed by atoms with Gasteiger partial charge in [-0.25, -0.2) is 4.39 Å². The Labute approximate surface area is 91.3 Å². The lowest BCUT2D eigenvalue weighted by Gasteiger charge is -2.11. The van der Waals surface area contributed by atoms with Gasteiger partial charge in [-0.2, -0.15) is 0 Å². The summed E-state index contributed by atoms with van der Waals surface area (Å²) in [5, 5.41) is 12.1. The van der Waals surface area contributed by atoms with Crippen LogP contribution in [-0.2, 0) is 0 Å². The maximum Gasteiger partial charge on any atom is 0.146 e. The molecule has 1 aromatic carbocycles. The zero-order valence-electron chi connectivity index (χ0n) is 7.93. The molecule has 0 fully saturated rings. The molecule has 0 radical (unpaired) electrons. The highest BCUT2D eigenvalue weighted by Gasteiger charge is 2.04. The number of rotatable bonds is 4. The second-order valence-corrected chi connectivity index (χ2v) is 3.98. The molecular weight excluding hydrogens is 249 g/mol. The molecule has 4 heteroatoms. The molecule has 14 heavy (non-hydrogen) atoms. The number of benzene rings is 1. The van der Waals surface area contributed by atoms with Gasteiger partial charge in [0.25, 0.3) is 0 Å². The molecule has 0 aromatic heterocycles. The minimum absolute atomic E-state index is 0.309. The summed E-state index contributed by atoms with van der Waals surface area (Å²) in [4.78, 5) is 0. The lowest BCUT2D eigenvalue weighted by Crippen LogP contribution is -2.18. The topological polar surface area (TPSA) is 32.3 Å². The van der Waals surface area contributed by atoms with Crippen molar-refractivity contribution in [1.29, 1.82) is 0 Å². The molecule has 1 aromatic rings. The zero-order valence-corrected chi connectivity index (χ0v) is 9.51. The van der Waals surface area contributed by atoms with Gasteiger partial charge in [0.05, 0.1) is 11.8 Å². The number of anilines is 1. The minimum Gasteiger partial charge on any atom is -0.391 e. The minimum atomic E-state index is -0.437. The molecule has 2 N–H and O–H groups in total. The molecular formula is C10H13BrFNO. The van der Waals surface area contributed by atoms with E-state index in [0.29, 0.717) is 18.7 Å². The summed E-state index contributed by atoms with van der Waals surface area (Å²) in [5.74, 6) is -0.309. The summed E-state index contributed by atoms with van der Waals surface area (Å²) in [7, 11) is 0. The van der Waals surface area contributed by atoms with Crippen molar-refractivity contribution in [2.45, 2.75) is 19.4 Å². The molecule has 0 saturated heterocycles. The van der Waals surface area contributed by atoms with Gasteiger partial charge in [-0.15, -0.1) is 0 Å². The van der Waals surface area contributed by atoms with Crippen molar-refractivity contribution in [3.05, 3.63) is 28.5 Å². The Hall–Kier alpha value is -0.610. The Balaban J connectivity index is 2.62. The van der Waals surface area contributed by atoms with Crippen LogP contribution < -0.4 is 5.32 Å². The van der Waals surface area contributed by atoms with Crippen LogP contribution in [0.2, 0.25) is 0 Å². The van der Waals surface area contributed by atoms with Crippen LogP contribution in [0, 0.1) is 5.82 Å². The van der Waals surface area contributed by atoms with Crippen LogP contribution >= 0.6 is 15.9 Å². The third kappa shape index (κ3) is 3.27. The number of aliphatic hydroxyl groups is 1. The fraction of sp³-hybridized carbons (Fsp3) is 0.400. The third-order valence-corrected chi connectivity index (χ3v) is 2.42. The van der Waals surface area contributed by atoms with Gasteiger partial charge in [-0.1, -0.05) is 22.9 Å². The number of hydrogen-bond donors (Lipinski definition) is 2. The van der Waals surface area contributed by atoms with E-state index in [1.165, 1.54) is 6.07 Å². The molecule has 2 nitrogen and oxygen atoms in total. The first-order valence-corrected chi connectivity index (χ1v) is 5.29. The molecule has 1 rings (SSSR count). The van der Waals surface area contributed by atoms with Crippen molar-refractivity contribution in [2.75, 3.05) is 11.9 Å². The average Bonchev–Trinajstić information content (AvgIpc) is 2.19. The molecule has 0 aliphatic heterocycles. The Morgan fingerprint density at radius 3 is 2.93 bits per heavy atom. The molecule has 78 valence electrons. The van der Waals surface area contributed by atoms with E-state index in [1.807, 2.05) is 6.92 Å². The Morgan fingerprint density at radius 2 is 2.29 bits per heavy atom. The second-order valence-electron chi connectivity index (χ2n) is 3.07. The zero-order chi connectivity index (χ0) is 10.6. The fourth-order valence-electron chi connectivity index (χ4n) is 1.01. The molecule has 0 amide bonds. The first-order chi connectivity index (χ1) is 6.63. The van der Waals surface area contributed by atoms with Crippen molar-refractivity contribution >= 4 is 21.6 Å². The number of aliphatic hydroxyl groups excluding tert-OH is 1. The second kappa shape index (κ2) is 5.32. The monoisotopic (exact) mass is 261 g/mol. The summed E-state index contributed by atoms with van der Waals surface area (Å²) in [6, 6.07) is 4.67. The van der Waals surface area contributed by atoms with E-state index in [4.69, 9.17) is 0 Å². The first kappa shape index (κ1) is 11.5. The smallest absolute Gasteiger partial charge is 0.146 e. The lowest BCUT2D eigenvalue weighted by molar-refractivity contribution is 0.183. The molecule has 0 unspecified atom stereocenters. The normalized spacial score (nSPS) is 12.6. The standard InChI is InChI=1S/C10H13BrFNO/c1-2-8(14)6-13-10-5-7(11)3-4-9(10)12/h3-5,8,13-14H,2,6H2,1H3/t8-/m1/s1. The third-order valence-electron chi connectivity index (χ3n) is 1.93. The van der Waals surface area contributed by atoms with E-state index in [9.17, 15) is 9.50 Å². The highest BCUT2D eigenvalue weighted by molar-refractivity contribution is 9.10. The number of hydrogen-bond acceptors (Lipinski definition) is 2. The van der Waals surface area contributed by atoms with Gasteiger partial charge in [0, 0.05) is 11.0 Å². The Kier molecular flexibility index (Phi) is 4.35. The summed E-state index contributed by atoms with van der Waals surface area (Å²) < 4.78 is 14.0. The van der Waals surface area contributed by atoms with Gasteiger partial charge in [-0.05, 0) is 24.6 Å². The van der Waals surface area contributed by atoms with Crippen molar-refractivity contribution < 1.29 is 9.50 Å². The molecule has 0 spiro atoms. The lowest BCUT2D eigenvalue weighted by atomic mass is 10.2. The average molecular weight is 262 g/mol. The van der Waals surface area contributed by atoms with E-state index < -0.39 is 6.10 Å². The van der Waals surface area contributed by atoms with Crippen LogP contribution in [0.3, 0.4) is 0 Å². The maximum absolute atomic E-state index is 13.2. The van der Waals surface area contributed by atoms with Crippen molar-refractivity contribution in [1.82, 2.24) is 0 Å². The SMILES string of the molecule is CC[C@@H](O)CNc1cc(Br)ccc1F. The summed E-state index contributed by atoms with van der Waals surface area (Å²) in [5.41, 5.74) is 0.409. The summed E-state index contributed by atoms with van der Waals surface area (Å²) in [6.07, 6.45) is 0.219. The van der Waals surface area contributed by atoms with E-state index in [1.54, 1.807) is 12.1 Å². The van der Waals surface area contributed by atoms with Gasteiger partial charge >= 0.3 is 0 Å². The molecule has 0 aliphatic rings. The quantitative estimate of drug-likeness (QED) is 0.874. The molecule has 0 bridgehead atoms. The largest absolute Gasteiger partial charge is 0.391 e. The van der Waals surface area contributed by atoms with Crippen LogP contribution in [0.1, 0.15) is 13.3 Å².